The zero-order chi connectivity index (χ0) is 19.6. The molecule has 2 fully saturated rings. The number of anilines is 1. The highest BCUT2D eigenvalue weighted by Gasteiger charge is 2.22. The Morgan fingerprint density at radius 2 is 1.79 bits per heavy atom. The van der Waals surface area contributed by atoms with E-state index in [0.717, 1.165) is 63.9 Å². The second-order valence-electron chi connectivity index (χ2n) is 9.07. The summed E-state index contributed by atoms with van der Waals surface area (Å²) in [5.41, 5.74) is 4.13. The van der Waals surface area contributed by atoms with Crippen molar-refractivity contribution in [1.29, 1.82) is 0 Å². The van der Waals surface area contributed by atoms with E-state index in [1.165, 1.54) is 11.1 Å². The van der Waals surface area contributed by atoms with Gasteiger partial charge in [-0.25, -0.2) is 9.97 Å². The first-order chi connectivity index (χ1) is 13.5. The zero-order valence-electron chi connectivity index (χ0n) is 17.4. The third-order valence-corrected chi connectivity index (χ3v) is 5.94. The fourth-order valence-corrected chi connectivity index (χ4v) is 4.03. The Labute approximate surface area is 168 Å². The highest BCUT2D eigenvalue weighted by molar-refractivity contribution is 5.40. The summed E-state index contributed by atoms with van der Waals surface area (Å²) in [5, 5.41) is 0. The topological polar surface area (TPSA) is 41.5 Å². The van der Waals surface area contributed by atoms with E-state index in [-0.39, 0.29) is 5.41 Å². The Kier molecular flexibility index (Phi) is 5.65. The van der Waals surface area contributed by atoms with E-state index in [1.54, 1.807) is 6.33 Å². The molecule has 4 rings (SSSR count). The quantitative estimate of drug-likeness (QED) is 0.811. The van der Waals surface area contributed by atoms with Gasteiger partial charge in [0.1, 0.15) is 12.1 Å². The lowest BCUT2D eigenvalue weighted by molar-refractivity contribution is 0.193. The minimum atomic E-state index is 0.213. The fraction of sp³-hybridized carbons (Fsp3) is 0.565. The summed E-state index contributed by atoms with van der Waals surface area (Å²) >= 11 is 0. The average Bonchev–Trinajstić information content (AvgIpc) is 3.23. The van der Waals surface area contributed by atoms with Gasteiger partial charge in [-0.15, -0.1) is 0 Å². The number of aromatic nitrogens is 2. The van der Waals surface area contributed by atoms with Crippen LogP contribution in [0.25, 0.3) is 0 Å². The molecule has 0 amide bonds. The number of piperazine rings is 1. The summed E-state index contributed by atoms with van der Waals surface area (Å²) in [6.07, 6.45) is 2.78. The van der Waals surface area contributed by atoms with Gasteiger partial charge < -0.3 is 9.64 Å². The summed E-state index contributed by atoms with van der Waals surface area (Å²) in [4.78, 5) is 13.9. The van der Waals surface area contributed by atoms with Crippen molar-refractivity contribution in [2.45, 2.75) is 45.1 Å². The van der Waals surface area contributed by atoms with Crippen molar-refractivity contribution in [1.82, 2.24) is 14.9 Å². The highest BCUT2D eigenvalue weighted by atomic mass is 16.5. The summed E-state index contributed by atoms with van der Waals surface area (Å²) < 4.78 is 5.51. The van der Waals surface area contributed by atoms with Crippen molar-refractivity contribution in [3.05, 3.63) is 53.5 Å². The van der Waals surface area contributed by atoms with Crippen LogP contribution in [0, 0.1) is 0 Å². The van der Waals surface area contributed by atoms with Gasteiger partial charge in [-0.2, -0.15) is 0 Å². The maximum absolute atomic E-state index is 5.51. The van der Waals surface area contributed by atoms with E-state index in [1.807, 2.05) is 0 Å². The van der Waals surface area contributed by atoms with Crippen LogP contribution >= 0.6 is 0 Å². The second-order valence-corrected chi connectivity index (χ2v) is 9.07. The van der Waals surface area contributed by atoms with E-state index >= 15 is 0 Å². The maximum atomic E-state index is 5.51. The van der Waals surface area contributed by atoms with Crippen LogP contribution in [-0.2, 0) is 16.7 Å². The molecule has 2 aliphatic rings. The molecule has 0 radical (unpaired) electrons. The molecule has 0 spiro atoms. The molecule has 28 heavy (non-hydrogen) atoms. The first kappa shape index (κ1) is 19.3. The first-order valence-corrected chi connectivity index (χ1v) is 10.5. The van der Waals surface area contributed by atoms with Gasteiger partial charge in [-0.05, 0) is 23.0 Å². The third-order valence-electron chi connectivity index (χ3n) is 5.94. The van der Waals surface area contributed by atoms with Gasteiger partial charge in [0.15, 0.2) is 0 Å². The molecule has 2 aliphatic heterocycles. The molecule has 1 unspecified atom stereocenters. The normalized spacial score (nSPS) is 21.2. The summed E-state index contributed by atoms with van der Waals surface area (Å²) in [7, 11) is 0. The van der Waals surface area contributed by atoms with Crippen LogP contribution in [0.4, 0.5) is 5.82 Å². The molecule has 3 heterocycles. The summed E-state index contributed by atoms with van der Waals surface area (Å²) in [5.74, 6) is 1.49. The monoisotopic (exact) mass is 380 g/mol. The third kappa shape index (κ3) is 4.53. The molecule has 0 bridgehead atoms. The van der Waals surface area contributed by atoms with Crippen molar-refractivity contribution < 1.29 is 4.74 Å². The molecule has 2 aromatic rings. The summed E-state index contributed by atoms with van der Waals surface area (Å²) in [6.45, 7) is 13.6. The van der Waals surface area contributed by atoms with Crippen molar-refractivity contribution >= 4 is 5.82 Å². The summed E-state index contributed by atoms with van der Waals surface area (Å²) in [6, 6.07) is 11.3. The Balaban J connectivity index is 1.33. The van der Waals surface area contributed by atoms with Crippen molar-refractivity contribution in [3.63, 3.8) is 0 Å². The number of nitrogens with zero attached hydrogens (tertiary/aromatic N) is 4. The molecule has 0 aliphatic carbocycles. The first-order valence-electron chi connectivity index (χ1n) is 10.5. The molecule has 0 N–H and O–H groups in total. The number of rotatable bonds is 4. The molecular weight excluding hydrogens is 348 g/mol. The lowest BCUT2D eigenvalue weighted by Crippen LogP contribution is -2.46. The van der Waals surface area contributed by atoms with E-state index in [4.69, 9.17) is 4.74 Å². The fourth-order valence-electron chi connectivity index (χ4n) is 4.03. The smallest absolute Gasteiger partial charge is 0.132 e. The van der Waals surface area contributed by atoms with Crippen LogP contribution in [0.2, 0.25) is 0 Å². The van der Waals surface area contributed by atoms with Gasteiger partial charge in [0.05, 0.1) is 12.3 Å². The zero-order valence-corrected chi connectivity index (χ0v) is 17.4. The number of hydrogen-bond acceptors (Lipinski definition) is 5. The Morgan fingerprint density at radius 1 is 1.04 bits per heavy atom. The number of hydrogen-bond donors (Lipinski definition) is 0. The predicted octanol–water partition coefficient (Wildman–Crippen LogP) is 3.60. The molecule has 0 saturated carbocycles. The van der Waals surface area contributed by atoms with Gasteiger partial charge in [0, 0.05) is 51.3 Å². The second kappa shape index (κ2) is 8.18. The minimum absolute atomic E-state index is 0.213. The number of benzene rings is 1. The molecular formula is C23H32N4O. The van der Waals surface area contributed by atoms with Gasteiger partial charge >= 0.3 is 0 Å². The maximum Gasteiger partial charge on any atom is 0.132 e. The highest BCUT2D eigenvalue weighted by Crippen LogP contribution is 2.26. The lowest BCUT2D eigenvalue weighted by Gasteiger charge is -2.35. The predicted molar refractivity (Wildman–Crippen MR) is 113 cm³/mol. The van der Waals surface area contributed by atoms with Gasteiger partial charge in [0.2, 0.25) is 0 Å². The molecule has 5 nitrogen and oxygen atoms in total. The van der Waals surface area contributed by atoms with Crippen molar-refractivity contribution in [2.24, 2.45) is 0 Å². The molecule has 5 heteroatoms. The largest absolute Gasteiger partial charge is 0.381 e. The lowest BCUT2D eigenvalue weighted by atomic mass is 9.87. The van der Waals surface area contributed by atoms with Gasteiger partial charge in [0.25, 0.3) is 0 Å². The van der Waals surface area contributed by atoms with Crippen molar-refractivity contribution in [3.8, 4) is 0 Å². The average molecular weight is 381 g/mol. The van der Waals surface area contributed by atoms with Crippen LogP contribution in [0.15, 0.2) is 36.7 Å². The van der Waals surface area contributed by atoms with Gasteiger partial charge in [-0.3, -0.25) is 4.90 Å². The molecule has 150 valence electrons. The SMILES string of the molecule is CC(C)(C)c1ccc(CN2CCN(c3cc(C4CCOC4)ncn3)CC2)cc1. The van der Waals surface area contributed by atoms with E-state index in [9.17, 15) is 0 Å². The van der Waals surface area contributed by atoms with E-state index in [2.05, 4.69) is 70.9 Å². The van der Waals surface area contributed by atoms with Crippen LogP contribution in [0.1, 0.15) is 49.9 Å². The van der Waals surface area contributed by atoms with Crippen LogP contribution in [0.5, 0.6) is 0 Å². The van der Waals surface area contributed by atoms with Crippen LogP contribution in [0.3, 0.4) is 0 Å². The molecule has 1 aromatic heterocycles. The molecule has 1 atom stereocenters. The van der Waals surface area contributed by atoms with Gasteiger partial charge in [-0.1, -0.05) is 45.0 Å². The standard InChI is InChI=1S/C23H32N4O/c1-23(2,3)20-6-4-18(5-7-20)15-26-9-11-27(12-10-26)22-14-21(24-17-25-22)19-8-13-28-16-19/h4-7,14,17,19H,8-13,15-16H2,1-3H3. The van der Waals surface area contributed by atoms with Crippen LogP contribution < -0.4 is 4.90 Å². The minimum Gasteiger partial charge on any atom is -0.381 e. The Bertz CT molecular complexity index is 770. The van der Waals surface area contributed by atoms with Crippen molar-refractivity contribution in [2.75, 3.05) is 44.3 Å². The molecule has 1 aromatic carbocycles. The van der Waals surface area contributed by atoms with E-state index in [0.29, 0.717) is 5.92 Å². The Hall–Kier alpha value is -1.98. The Morgan fingerprint density at radius 3 is 2.43 bits per heavy atom. The molecule has 2 saturated heterocycles. The van der Waals surface area contributed by atoms with Crippen LogP contribution in [-0.4, -0.2) is 54.3 Å². The van der Waals surface area contributed by atoms with E-state index < -0.39 is 0 Å². The number of ether oxygens (including phenoxy) is 1.